The van der Waals surface area contributed by atoms with E-state index in [-0.39, 0.29) is 0 Å². The van der Waals surface area contributed by atoms with E-state index in [2.05, 4.69) is 12.8 Å². The number of ether oxygens (including phenoxy) is 13. The van der Waals surface area contributed by atoms with Gasteiger partial charge in [-0.05, 0) is 6.42 Å². The molecule has 1 aliphatic carbocycles. The fourth-order valence-electron chi connectivity index (χ4n) is 10.9. The highest BCUT2D eigenvalue weighted by atomic mass is 16.8. The molecule has 21 rings (SSSR count). The first kappa shape index (κ1) is 63.8. The maximum Gasteiger partial charge on any atom is 0.187 e. The second kappa shape index (κ2) is 27.8. The fraction of sp³-hybridized carbons (Fsp3) is 0.956. The van der Waals surface area contributed by atoms with E-state index in [0.29, 0.717) is 0 Å². The Hall–Kier alpha value is -1.76. The molecule has 20 N–H and O–H groups in total. The van der Waals surface area contributed by atoms with Gasteiger partial charge in [0, 0.05) is 18.9 Å². The van der Waals surface area contributed by atoms with E-state index < -0.39 is 268 Å². The third-order valence-electron chi connectivity index (χ3n) is 15.2. The first-order chi connectivity index (χ1) is 37.2. The predicted molar refractivity (Wildman–Crippen MR) is 240 cm³/mol. The van der Waals surface area contributed by atoms with Crippen LogP contribution in [0.2, 0.25) is 0 Å². The smallest absolute Gasteiger partial charge is 0.187 e. The van der Waals surface area contributed by atoms with Gasteiger partial charge >= 0.3 is 0 Å². The van der Waals surface area contributed by atoms with Crippen LogP contribution in [0.15, 0.2) is 0 Å². The third-order valence-corrected chi connectivity index (χ3v) is 15.2. The van der Waals surface area contributed by atoms with Crippen LogP contribution in [0.1, 0.15) is 12.8 Å². The van der Waals surface area contributed by atoms with Crippen molar-refractivity contribution in [3.8, 4) is 12.8 Å². The molecule has 0 amide bonds. The predicted octanol–water partition coefficient (Wildman–Crippen LogP) is -13.3. The van der Waals surface area contributed by atoms with Gasteiger partial charge in [-0.25, -0.2) is 0 Å². The minimum absolute atomic E-state index is 0.402. The topological polar surface area (TPSA) is 525 Å². The van der Waals surface area contributed by atoms with Crippen LogP contribution in [0.5, 0.6) is 0 Å². The Balaban J connectivity index is 0.00000436. The summed E-state index contributed by atoms with van der Waals surface area (Å²) in [6, 6.07) is 0. The summed E-state index contributed by atoms with van der Waals surface area (Å²) in [7, 11) is 0. The van der Waals surface area contributed by atoms with Gasteiger partial charge in [0.25, 0.3) is 0 Å². The normalized spacial score (nSPS) is 53.6. The molecule has 452 valence electrons. The monoisotopic (exact) mass is 1140 g/mol. The lowest BCUT2D eigenvalue weighted by atomic mass is 9.80. The zero-order chi connectivity index (χ0) is 57.2. The van der Waals surface area contributed by atoms with E-state index in [0.717, 1.165) is 0 Å². The highest BCUT2D eigenvalue weighted by Gasteiger charge is 2.58. The van der Waals surface area contributed by atoms with Crippen LogP contribution >= 0.6 is 0 Å². The highest BCUT2D eigenvalue weighted by Crippen LogP contribution is 2.40. The van der Waals surface area contributed by atoms with Gasteiger partial charge in [0.1, 0.15) is 146 Å². The van der Waals surface area contributed by atoms with Crippen LogP contribution in [-0.4, -0.2) is 351 Å². The average Bonchev–Trinajstić information content (AvgIpc) is 3.57. The minimum Gasteiger partial charge on any atom is -0.396 e. The zero-order valence-corrected chi connectivity index (χ0v) is 41.4. The quantitative estimate of drug-likeness (QED) is 0.105. The molecule has 21 fully saturated rings. The lowest BCUT2D eigenvalue weighted by Gasteiger charge is -2.50. The largest absolute Gasteiger partial charge is 0.396 e. The zero-order valence-electron chi connectivity index (χ0n) is 41.4. The van der Waals surface area contributed by atoms with Crippen molar-refractivity contribution in [1.82, 2.24) is 0 Å². The molecule has 20 heterocycles. The Morgan fingerprint density at radius 2 is 0.513 bits per heavy atom. The van der Waals surface area contributed by atoms with Gasteiger partial charge in [0.15, 0.2) is 37.7 Å². The summed E-state index contributed by atoms with van der Waals surface area (Å²) in [6.45, 7) is -6.59. The molecule has 33 nitrogen and oxygen atoms in total. The van der Waals surface area contributed by atoms with E-state index in [1.54, 1.807) is 0 Å². The van der Waals surface area contributed by atoms with Crippen molar-refractivity contribution >= 4 is 0 Å². The Kier molecular flexibility index (Phi) is 22.7. The van der Waals surface area contributed by atoms with E-state index in [4.69, 9.17) is 61.6 Å². The van der Waals surface area contributed by atoms with E-state index in [1.165, 1.54) is 0 Å². The Morgan fingerprint density at radius 1 is 0.244 bits per heavy atom. The molecule has 0 aromatic carbocycles. The van der Waals surface area contributed by atoms with E-state index >= 15 is 0 Å². The molecule has 78 heavy (non-hydrogen) atoms. The number of hydrogen-bond donors (Lipinski definition) is 20. The highest BCUT2D eigenvalue weighted by molar-refractivity contribution is 5.02. The molecular formula is C45H74O33. The first-order valence-corrected chi connectivity index (χ1v) is 25.2. The van der Waals surface area contributed by atoms with Gasteiger partial charge in [0.05, 0.1) is 58.0 Å². The summed E-state index contributed by atoms with van der Waals surface area (Å²) in [4.78, 5) is 0. The van der Waals surface area contributed by atoms with Crippen LogP contribution in [0.4, 0.5) is 0 Å². The maximum atomic E-state index is 11.4. The second-order valence-corrected chi connectivity index (χ2v) is 20.0. The lowest BCUT2D eigenvalue weighted by Crippen LogP contribution is -2.68. The molecule has 0 aromatic rings. The van der Waals surface area contributed by atoms with Crippen LogP contribution in [-0.2, 0) is 61.6 Å². The van der Waals surface area contributed by atoms with Crippen LogP contribution < -0.4 is 0 Å². The average molecular weight is 1140 g/mol. The van der Waals surface area contributed by atoms with Crippen molar-refractivity contribution in [2.24, 2.45) is 5.92 Å². The van der Waals surface area contributed by atoms with Crippen LogP contribution in [0.3, 0.4) is 0 Å². The van der Waals surface area contributed by atoms with Crippen molar-refractivity contribution < 1.29 is 164 Å². The molecule has 34 atom stereocenters. The molecular weight excluding hydrogens is 1070 g/mol. The summed E-state index contributed by atoms with van der Waals surface area (Å²) >= 11 is 0. The van der Waals surface area contributed by atoms with Crippen molar-refractivity contribution in [1.29, 1.82) is 0 Å². The molecule has 0 aromatic heterocycles. The SMILES string of the molecule is C#C.OCC1CC2OC3C(CO)OC(OC4C(CO)OC(OC5C(CO)OC(OC6C(CO)OC(OC7CC(O)C(OC7CO)OC7C(CO)OC(OC1C(O)C2O)C(O)C7O)C(O)C6O)C(O)C5O)C(O)C4O)C(O)C3O. The molecule has 34 unspecified atom stereocenters. The Morgan fingerprint density at radius 3 is 0.833 bits per heavy atom. The number of aliphatic hydroxyl groups excluding tert-OH is 20. The fourth-order valence-corrected chi connectivity index (χ4v) is 10.9. The van der Waals surface area contributed by atoms with Crippen molar-refractivity contribution in [3.63, 3.8) is 0 Å². The van der Waals surface area contributed by atoms with Crippen molar-refractivity contribution in [2.75, 3.05) is 46.2 Å². The molecule has 0 spiro atoms. The molecule has 21 aliphatic rings. The van der Waals surface area contributed by atoms with Gasteiger partial charge in [-0.15, -0.1) is 12.8 Å². The maximum absolute atomic E-state index is 11.4. The van der Waals surface area contributed by atoms with Gasteiger partial charge < -0.3 is 164 Å². The number of hydrogen-bond acceptors (Lipinski definition) is 33. The lowest BCUT2D eigenvalue weighted by molar-refractivity contribution is -0.392. The molecule has 0 radical (unpaired) electrons. The summed E-state index contributed by atoms with van der Waals surface area (Å²) in [5.74, 6) is -1.20. The molecule has 1 saturated carbocycles. The van der Waals surface area contributed by atoms with Crippen LogP contribution in [0.25, 0.3) is 0 Å². The van der Waals surface area contributed by atoms with Crippen molar-refractivity contribution in [3.05, 3.63) is 0 Å². The molecule has 33 heteroatoms. The Labute approximate surface area is 443 Å². The summed E-state index contributed by atoms with van der Waals surface area (Å²) in [5, 5.41) is 220. The molecule has 14 bridgehead atoms. The van der Waals surface area contributed by atoms with E-state index in [9.17, 15) is 102 Å². The standard InChI is InChI=1S/C43H72O33.C2H2/c44-3-10-1-13-20(52)21(53)32(10)72-40-29(61)24(56)34(16(6-47)69-40)73-38-11(51)2-12(14(4-45)66-38)65-39-27(59)23(55)35(17(7-48)67-39)74-42-30(62)26(58)37(19(9-50)70-42)76-43-31(63)25(57)36(18(8-49)71-43)75-41-28(60)22(54)33(64-13)15(5-46)68-41;1-2/h10-63H,1-9H2;1-2H. The number of terminal acetylenes is 1. The van der Waals surface area contributed by atoms with Crippen LogP contribution in [0, 0.1) is 18.8 Å². The number of aliphatic hydroxyl groups is 20. The second-order valence-electron chi connectivity index (χ2n) is 20.0. The van der Waals surface area contributed by atoms with Gasteiger partial charge in [-0.3, -0.25) is 0 Å². The van der Waals surface area contributed by atoms with Gasteiger partial charge in [-0.1, -0.05) is 0 Å². The minimum atomic E-state index is -2.17. The van der Waals surface area contributed by atoms with E-state index in [1.807, 2.05) is 0 Å². The summed E-state index contributed by atoms with van der Waals surface area (Å²) < 4.78 is 74.9. The third kappa shape index (κ3) is 12.8. The van der Waals surface area contributed by atoms with Gasteiger partial charge in [0.2, 0.25) is 0 Å². The molecule has 20 aliphatic heterocycles. The Bertz CT molecular complexity index is 1830. The summed E-state index contributed by atoms with van der Waals surface area (Å²) in [5.41, 5.74) is 0. The number of rotatable bonds is 7. The summed E-state index contributed by atoms with van der Waals surface area (Å²) in [6.07, 6.45) is -54.4. The van der Waals surface area contributed by atoms with Gasteiger partial charge in [-0.2, -0.15) is 0 Å². The van der Waals surface area contributed by atoms with Crippen molar-refractivity contribution in [2.45, 2.75) is 215 Å². The first-order valence-electron chi connectivity index (χ1n) is 25.2. The molecule has 20 saturated heterocycles.